The van der Waals surface area contributed by atoms with Crippen LogP contribution in [0.5, 0.6) is 11.6 Å². The van der Waals surface area contributed by atoms with E-state index >= 15 is 0 Å². The molecule has 0 atom stereocenters. The molecule has 0 aliphatic carbocycles. The van der Waals surface area contributed by atoms with E-state index in [1.54, 1.807) is 24.5 Å². The zero-order valence-corrected chi connectivity index (χ0v) is 10.2. The van der Waals surface area contributed by atoms with E-state index in [0.29, 0.717) is 17.2 Å². The number of aromatic nitrogens is 2. The van der Waals surface area contributed by atoms with E-state index in [-0.39, 0.29) is 6.61 Å². The molecule has 0 saturated heterocycles. The molecule has 0 spiro atoms. The molecule has 0 amide bonds. The number of hydrogen-bond acceptors (Lipinski definition) is 4. The molecule has 1 aromatic carbocycles. The number of rotatable bonds is 3. The second-order valence-electron chi connectivity index (χ2n) is 4.09. The van der Waals surface area contributed by atoms with E-state index in [9.17, 15) is 5.11 Å². The summed E-state index contributed by atoms with van der Waals surface area (Å²) < 4.78 is 5.67. The maximum absolute atomic E-state index is 9.42. The molecule has 19 heavy (non-hydrogen) atoms. The van der Waals surface area contributed by atoms with Crippen molar-refractivity contribution in [2.75, 3.05) is 0 Å². The van der Waals surface area contributed by atoms with E-state index in [0.717, 1.165) is 10.9 Å². The lowest BCUT2D eigenvalue weighted by Crippen LogP contribution is -1.96. The highest BCUT2D eigenvalue weighted by Crippen LogP contribution is 2.26. The Morgan fingerprint density at radius 3 is 2.79 bits per heavy atom. The summed E-state index contributed by atoms with van der Waals surface area (Å²) in [4.78, 5) is 8.41. The zero-order chi connectivity index (χ0) is 13.1. The van der Waals surface area contributed by atoms with Gasteiger partial charge in [0, 0.05) is 17.1 Å². The molecule has 0 bridgehead atoms. The summed E-state index contributed by atoms with van der Waals surface area (Å²) in [6, 6.07) is 13.2. The summed E-state index contributed by atoms with van der Waals surface area (Å²) >= 11 is 0. The topological polar surface area (TPSA) is 55.2 Å². The van der Waals surface area contributed by atoms with Crippen molar-refractivity contribution in [2.24, 2.45) is 0 Å². The van der Waals surface area contributed by atoms with Crippen molar-refractivity contribution in [2.45, 2.75) is 6.61 Å². The molecule has 0 fully saturated rings. The number of para-hydroxylation sites is 1. The maximum atomic E-state index is 9.42. The van der Waals surface area contributed by atoms with Gasteiger partial charge in [-0.05, 0) is 24.3 Å². The van der Waals surface area contributed by atoms with Crippen molar-refractivity contribution < 1.29 is 9.84 Å². The van der Waals surface area contributed by atoms with E-state index in [1.807, 2.05) is 30.3 Å². The fraction of sp³-hybridized carbons (Fsp3) is 0.0667. The molecule has 3 rings (SSSR count). The van der Waals surface area contributed by atoms with Gasteiger partial charge in [-0.15, -0.1) is 0 Å². The van der Waals surface area contributed by atoms with Crippen molar-refractivity contribution in [3.05, 3.63) is 60.4 Å². The Hall–Kier alpha value is -2.46. The lowest BCUT2D eigenvalue weighted by Gasteiger charge is -2.09. The van der Waals surface area contributed by atoms with Crippen LogP contribution in [0.25, 0.3) is 10.9 Å². The Bertz CT molecular complexity index is 699. The van der Waals surface area contributed by atoms with Gasteiger partial charge in [-0.1, -0.05) is 18.2 Å². The average molecular weight is 252 g/mol. The molecule has 0 radical (unpaired) electrons. The summed E-state index contributed by atoms with van der Waals surface area (Å²) in [5.74, 6) is 1.01. The van der Waals surface area contributed by atoms with Gasteiger partial charge in [0.05, 0.1) is 18.3 Å². The van der Waals surface area contributed by atoms with Crippen LogP contribution in [0.4, 0.5) is 0 Å². The summed E-state index contributed by atoms with van der Waals surface area (Å²) in [6.45, 7) is -0.118. The molecule has 4 heteroatoms. The van der Waals surface area contributed by atoms with Gasteiger partial charge in [-0.25, -0.2) is 4.98 Å². The molecular weight excluding hydrogens is 240 g/mol. The third-order valence-corrected chi connectivity index (χ3v) is 2.78. The monoisotopic (exact) mass is 252 g/mol. The molecule has 0 unspecified atom stereocenters. The highest BCUT2D eigenvalue weighted by atomic mass is 16.5. The molecule has 1 N–H and O–H groups in total. The first kappa shape index (κ1) is 11.6. The number of pyridine rings is 2. The number of nitrogens with zero attached hydrogens (tertiary/aromatic N) is 2. The van der Waals surface area contributed by atoms with Crippen molar-refractivity contribution in [1.82, 2.24) is 9.97 Å². The van der Waals surface area contributed by atoms with Crippen molar-refractivity contribution in [1.29, 1.82) is 0 Å². The third-order valence-electron chi connectivity index (χ3n) is 2.78. The van der Waals surface area contributed by atoms with Gasteiger partial charge < -0.3 is 9.84 Å². The normalized spacial score (nSPS) is 10.6. The van der Waals surface area contributed by atoms with Gasteiger partial charge in [0.25, 0.3) is 0 Å². The highest BCUT2D eigenvalue weighted by molar-refractivity contribution is 5.80. The molecule has 2 aromatic heterocycles. The van der Waals surface area contributed by atoms with Crippen LogP contribution in [0.15, 0.2) is 54.9 Å². The first-order chi connectivity index (χ1) is 9.36. The number of hydrogen-bond donors (Lipinski definition) is 1. The van der Waals surface area contributed by atoms with Crippen LogP contribution in [0.1, 0.15) is 5.56 Å². The van der Waals surface area contributed by atoms with Gasteiger partial charge in [0.2, 0.25) is 5.88 Å². The molecular formula is C15H12N2O2. The lowest BCUT2D eigenvalue weighted by molar-refractivity contribution is 0.275. The van der Waals surface area contributed by atoms with E-state index in [1.165, 1.54) is 0 Å². The van der Waals surface area contributed by atoms with Crippen LogP contribution in [0, 0.1) is 0 Å². The first-order valence-electron chi connectivity index (χ1n) is 5.94. The van der Waals surface area contributed by atoms with Crippen molar-refractivity contribution in [3.8, 4) is 11.6 Å². The van der Waals surface area contributed by atoms with E-state index in [4.69, 9.17) is 4.74 Å². The zero-order valence-electron chi connectivity index (χ0n) is 10.2. The van der Waals surface area contributed by atoms with Crippen LogP contribution < -0.4 is 4.74 Å². The van der Waals surface area contributed by atoms with Gasteiger partial charge in [-0.3, -0.25) is 4.98 Å². The summed E-state index contributed by atoms with van der Waals surface area (Å²) in [7, 11) is 0. The van der Waals surface area contributed by atoms with Crippen LogP contribution in [-0.4, -0.2) is 15.1 Å². The highest BCUT2D eigenvalue weighted by Gasteiger charge is 2.08. The Labute approximate surface area is 110 Å². The predicted octanol–water partition coefficient (Wildman–Crippen LogP) is 2.91. The number of benzene rings is 1. The maximum Gasteiger partial charge on any atom is 0.225 e. The molecule has 0 aliphatic rings. The van der Waals surface area contributed by atoms with Crippen molar-refractivity contribution >= 4 is 10.9 Å². The fourth-order valence-electron chi connectivity index (χ4n) is 1.86. The molecule has 2 heterocycles. The number of aliphatic hydroxyl groups excluding tert-OH is 1. The minimum absolute atomic E-state index is 0.118. The van der Waals surface area contributed by atoms with Gasteiger partial charge in [0.1, 0.15) is 5.75 Å². The van der Waals surface area contributed by atoms with Crippen LogP contribution >= 0.6 is 0 Å². The van der Waals surface area contributed by atoms with Crippen LogP contribution in [-0.2, 0) is 6.61 Å². The van der Waals surface area contributed by atoms with Crippen LogP contribution in [0.2, 0.25) is 0 Å². The molecule has 4 nitrogen and oxygen atoms in total. The largest absolute Gasteiger partial charge is 0.437 e. The Morgan fingerprint density at radius 1 is 1.11 bits per heavy atom. The summed E-state index contributed by atoms with van der Waals surface area (Å²) in [5, 5.41) is 10.4. The Morgan fingerprint density at radius 2 is 2.00 bits per heavy atom. The lowest BCUT2D eigenvalue weighted by atomic mass is 10.1. The standard InChI is InChI=1S/C15H12N2O2/c18-10-12-8-11-4-1-2-6-14(11)17-15(12)19-13-5-3-7-16-9-13/h1-9,18H,10H2. The molecule has 3 aromatic rings. The molecule has 0 aliphatic heterocycles. The summed E-state index contributed by atoms with van der Waals surface area (Å²) in [5.41, 5.74) is 1.49. The number of fused-ring (bicyclic) bond motifs is 1. The van der Waals surface area contributed by atoms with Gasteiger partial charge in [-0.2, -0.15) is 0 Å². The van der Waals surface area contributed by atoms with Gasteiger partial charge in [0.15, 0.2) is 0 Å². The molecule has 0 saturated carbocycles. The van der Waals surface area contributed by atoms with E-state index in [2.05, 4.69) is 9.97 Å². The minimum Gasteiger partial charge on any atom is -0.437 e. The fourth-order valence-corrected chi connectivity index (χ4v) is 1.86. The van der Waals surface area contributed by atoms with Crippen molar-refractivity contribution in [3.63, 3.8) is 0 Å². The number of ether oxygens (including phenoxy) is 1. The predicted molar refractivity (Wildman–Crippen MR) is 72.0 cm³/mol. The second-order valence-corrected chi connectivity index (χ2v) is 4.09. The average Bonchev–Trinajstić information content (AvgIpc) is 2.47. The minimum atomic E-state index is -0.118. The van der Waals surface area contributed by atoms with Gasteiger partial charge >= 0.3 is 0 Å². The second kappa shape index (κ2) is 5.04. The SMILES string of the molecule is OCc1cc2ccccc2nc1Oc1cccnc1. The van der Waals surface area contributed by atoms with Crippen LogP contribution in [0.3, 0.4) is 0 Å². The smallest absolute Gasteiger partial charge is 0.225 e. The Balaban J connectivity index is 2.06. The quantitative estimate of drug-likeness (QED) is 0.778. The molecule has 94 valence electrons. The van der Waals surface area contributed by atoms with E-state index < -0.39 is 0 Å². The summed E-state index contributed by atoms with van der Waals surface area (Å²) in [6.07, 6.45) is 3.28. The number of aliphatic hydroxyl groups is 1. The first-order valence-corrected chi connectivity index (χ1v) is 5.94. The third kappa shape index (κ3) is 2.39. The Kier molecular flexibility index (Phi) is 3.08.